The summed E-state index contributed by atoms with van der Waals surface area (Å²) < 4.78 is 23.9. The van der Waals surface area contributed by atoms with Gasteiger partial charge in [0.15, 0.2) is 6.10 Å². The minimum atomic E-state index is -0.702. The molecule has 2 aromatic carbocycles. The van der Waals surface area contributed by atoms with Crippen molar-refractivity contribution in [1.29, 1.82) is 0 Å². The fourth-order valence-corrected chi connectivity index (χ4v) is 1.90. The number of nitrogens with one attached hydrogen (secondary N) is 1. The van der Waals surface area contributed by atoms with E-state index in [1.54, 1.807) is 31.2 Å². The molecule has 122 valence electrons. The van der Waals surface area contributed by atoms with Crippen LogP contribution in [0.2, 0.25) is 0 Å². The Morgan fingerprint density at radius 2 is 1.43 bits per heavy atom. The number of benzene rings is 2. The van der Waals surface area contributed by atoms with E-state index < -0.39 is 6.10 Å². The maximum atomic E-state index is 12.8. The number of anilines is 1. The molecule has 0 aliphatic rings. The lowest BCUT2D eigenvalue weighted by molar-refractivity contribution is -0.122. The summed E-state index contributed by atoms with van der Waals surface area (Å²) in [4.78, 5) is 12.1. The van der Waals surface area contributed by atoms with Crippen LogP contribution in [-0.4, -0.2) is 18.1 Å². The fraction of sp³-hybridized carbons (Fsp3) is 0.278. The summed E-state index contributed by atoms with van der Waals surface area (Å²) >= 11 is 0. The topological polar surface area (TPSA) is 47.6 Å². The highest BCUT2D eigenvalue weighted by Crippen LogP contribution is 2.18. The molecule has 0 aliphatic heterocycles. The number of amides is 1. The van der Waals surface area contributed by atoms with Crippen molar-refractivity contribution >= 4 is 11.6 Å². The molecule has 23 heavy (non-hydrogen) atoms. The molecule has 0 unspecified atom stereocenters. The molecular formula is C18H20FNO3. The van der Waals surface area contributed by atoms with Crippen LogP contribution in [0.15, 0.2) is 48.5 Å². The van der Waals surface area contributed by atoms with E-state index in [9.17, 15) is 9.18 Å². The van der Waals surface area contributed by atoms with Crippen molar-refractivity contribution < 1.29 is 18.7 Å². The van der Waals surface area contributed by atoms with Gasteiger partial charge in [0.05, 0.1) is 6.10 Å². The third-order valence-electron chi connectivity index (χ3n) is 2.99. The van der Waals surface area contributed by atoms with Crippen LogP contribution < -0.4 is 14.8 Å². The van der Waals surface area contributed by atoms with Crippen molar-refractivity contribution in [2.24, 2.45) is 0 Å². The molecule has 0 saturated heterocycles. The van der Waals surface area contributed by atoms with Crippen LogP contribution in [0.4, 0.5) is 10.1 Å². The molecule has 2 rings (SSSR count). The number of hydrogen-bond acceptors (Lipinski definition) is 3. The van der Waals surface area contributed by atoms with Gasteiger partial charge in [-0.2, -0.15) is 0 Å². The Labute approximate surface area is 135 Å². The van der Waals surface area contributed by atoms with E-state index in [0.29, 0.717) is 11.4 Å². The van der Waals surface area contributed by atoms with E-state index in [1.165, 1.54) is 24.3 Å². The van der Waals surface area contributed by atoms with Crippen molar-refractivity contribution in [1.82, 2.24) is 0 Å². The van der Waals surface area contributed by atoms with Gasteiger partial charge in [0.1, 0.15) is 17.3 Å². The molecule has 1 atom stereocenters. The summed E-state index contributed by atoms with van der Waals surface area (Å²) in [7, 11) is 0. The van der Waals surface area contributed by atoms with Crippen LogP contribution in [0.3, 0.4) is 0 Å². The first-order valence-electron chi connectivity index (χ1n) is 7.44. The second-order valence-electron chi connectivity index (χ2n) is 5.39. The number of halogens is 1. The molecule has 4 nitrogen and oxygen atoms in total. The van der Waals surface area contributed by atoms with Crippen molar-refractivity contribution in [2.75, 3.05) is 5.32 Å². The van der Waals surface area contributed by atoms with Gasteiger partial charge in [0, 0.05) is 5.69 Å². The normalized spacial score (nSPS) is 11.9. The van der Waals surface area contributed by atoms with Crippen molar-refractivity contribution in [3.63, 3.8) is 0 Å². The van der Waals surface area contributed by atoms with Crippen LogP contribution in [0, 0.1) is 5.82 Å². The van der Waals surface area contributed by atoms with E-state index in [0.717, 1.165) is 5.75 Å². The molecule has 0 bridgehead atoms. The highest BCUT2D eigenvalue weighted by atomic mass is 19.1. The summed E-state index contributed by atoms with van der Waals surface area (Å²) in [6.07, 6.45) is -0.605. The molecule has 0 radical (unpaired) electrons. The smallest absolute Gasteiger partial charge is 0.265 e. The average Bonchev–Trinajstić information content (AvgIpc) is 2.51. The standard InChI is InChI=1S/C18H20FNO3/c1-12(2)22-16-10-6-15(7-11-16)20-18(21)13(3)23-17-8-4-14(19)5-9-17/h4-13H,1-3H3,(H,20,21)/t13-/m0/s1. The molecule has 1 N–H and O–H groups in total. The quantitative estimate of drug-likeness (QED) is 0.875. The summed E-state index contributed by atoms with van der Waals surface area (Å²) in [6.45, 7) is 5.53. The zero-order valence-electron chi connectivity index (χ0n) is 13.4. The second-order valence-corrected chi connectivity index (χ2v) is 5.39. The molecule has 0 spiro atoms. The van der Waals surface area contributed by atoms with Gasteiger partial charge in [0.2, 0.25) is 0 Å². The predicted octanol–water partition coefficient (Wildman–Crippen LogP) is 4.02. The van der Waals surface area contributed by atoms with Gasteiger partial charge >= 0.3 is 0 Å². The van der Waals surface area contributed by atoms with Crippen LogP contribution in [0.5, 0.6) is 11.5 Å². The second kappa shape index (κ2) is 7.63. The van der Waals surface area contributed by atoms with E-state index in [2.05, 4.69) is 5.32 Å². The van der Waals surface area contributed by atoms with Crippen LogP contribution in [0.1, 0.15) is 20.8 Å². The number of carbonyl (C=O) groups is 1. The Bertz CT molecular complexity index is 638. The molecule has 5 heteroatoms. The fourth-order valence-electron chi connectivity index (χ4n) is 1.90. The van der Waals surface area contributed by atoms with Crippen LogP contribution in [-0.2, 0) is 4.79 Å². The Morgan fingerprint density at radius 1 is 0.913 bits per heavy atom. The van der Waals surface area contributed by atoms with Crippen LogP contribution in [0.25, 0.3) is 0 Å². The minimum Gasteiger partial charge on any atom is -0.491 e. The minimum absolute atomic E-state index is 0.0968. The molecule has 0 saturated carbocycles. The molecule has 0 heterocycles. The summed E-state index contributed by atoms with van der Waals surface area (Å²) in [5.41, 5.74) is 0.653. The summed E-state index contributed by atoms with van der Waals surface area (Å²) in [6, 6.07) is 12.7. The zero-order chi connectivity index (χ0) is 16.8. The predicted molar refractivity (Wildman–Crippen MR) is 87.3 cm³/mol. The largest absolute Gasteiger partial charge is 0.491 e. The highest BCUT2D eigenvalue weighted by molar-refractivity contribution is 5.94. The van der Waals surface area contributed by atoms with E-state index in [4.69, 9.17) is 9.47 Å². The average molecular weight is 317 g/mol. The highest BCUT2D eigenvalue weighted by Gasteiger charge is 2.15. The molecule has 1 amide bonds. The van der Waals surface area contributed by atoms with Crippen molar-refractivity contribution in [3.8, 4) is 11.5 Å². The Morgan fingerprint density at radius 3 is 2.00 bits per heavy atom. The monoisotopic (exact) mass is 317 g/mol. The Kier molecular flexibility index (Phi) is 5.57. The number of carbonyl (C=O) groups excluding carboxylic acids is 1. The van der Waals surface area contributed by atoms with Gasteiger partial charge in [-0.05, 0) is 69.3 Å². The van der Waals surface area contributed by atoms with Gasteiger partial charge < -0.3 is 14.8 Å². The lowest BCUT2D eigenvalue weighted by atomic mass is 10.2. The number of hydrogen-bond donors (Lipinski definition) is 1. The number of rotatable bonds is 6. The van der Waals surface area contributed by atoms with Gasteiger partial charge in [-0.3, -0.25) is 4.79 Å². The van der Waals surface area contributed by atoms with E-state index in [1.807, 2.05) is 13.8 Å². The van der Waals surface area contributed by atoms with Crippen molar-refractivity contribution in [2.45, 2.75) is 33.0 Å². The van der Waals surface area contributed by atoms with Gasteiger partial charge in [-0.1, -0.05) is 0 Å². The van der Waals surface area contributed by atoms with Crippen molar-refractivity contribution in [3.05, 3.63) is 54.3 Å². The third-order valence-corrected chi connectivity index (χ3v) is 2.99. The van der Waals surface area contributed by atoms with E-state index >= 15 is 0 Å². The molecule has 2 aromatic rings. The summed E-state index contributed by atoms with van der Waals surface area (Å²) in [5.74, 6) is 0.549. The van der Waals surface area contributed by atoms with E-state index in [-0.39, 0.29) is 17.8 Å². The third kappa shape index (κ3) is 5.29. The molecular weight excluding hydrogens is 297 g/mol. The maximum Gasteiger partial charge on any atom is 0.265 e. The zero-order valence-corrected chi connectivity index (χ0v) is 13.4. The number of ether oxygens (including phenoxy) is 2. The Hall–Kier alpha value is -2.56. The molecule has 0 aromatic heterocycles. The first-order chi connectivity index (χ1) is 10.9. The SMILES string of the molecule is CC(C)Oc1ccc(NC(=O)[C@H](C)Oc2ccc(F)cc2)cc1. The first-order valence-corrected chi connectivity index (χ1v) is 7.44. The Balaban J connectivity index is 1.91. The lowest BCUT2D eigenvalue weighted by Crippen LogP contribution is -2.30. The molecule has 0 aliphatic carbocycles. The maximum absolute atomic E-state index is 12.8. The van der Waals surface area contributed by atoms with Gasteiger partial charge in [0.25, 0.3) is 5.91 Å². The summed E-state index contributed by atoms with van der Waals surface area (Å²) in [5, 5.41) is 2.76. The lowest BCUT2D eigenvalue weighted by Gasteiger charge is -2.15. The molecule has 0 fully saturated rings. The van der Waals surface area contributed by atoms with Gasteiger partial charge in [-0.25, -0.2) is 4.39 Å². The first kappa shape index (κ1) is 16.8. The van der Waals surface area contributed by atoms with Crippen LogP contribution >= 0.6 is 0 Å². The van der Waals surface area contributed by atoms with Gasteiger partial charge in [-0.15, -0.1) is 0 Å².